The molecule has 41 heavy (non-hydrogen) atoms. The Bertz CT molecular complexity index is 1570. The van der Waals surface area contributed by atoms with Gasteiger partial charge < -0.3 is 20.6 Å². The standard InChI is InChI=1S/C28H34N10O3/c1-17(2)37-15-20(13-30-37)31-26-29-10-8-22(33-26)18-6-7-21-19(12-18)14-36(27(40)41)11-9-23(21)32-25(39)24-16-38(35-34-24)28(3,4)5/h6-8,10,12-13,15-17,23H,9,11,14H2,1-5H3,(H,32,39)(H,40,41)(H,29,31,33)/t23-/m1/s1. The summed E-state index contributed by atoms with van der Waals surface area (Å²) >= 11 is 0. The molecule has 2 amide bonds. The molecule has 3 aromatic heterocycles. The molecule has 0 spiro atoms. The van der Waals surface area contributed by atoms with E-state index in [4.69, 9.17) is 0 Å². The van der Waals surface area contributed by atoms with Gasteiger partial charge >= 0.3 is 6.09 Å². The van der Waals surface area contributed by atoms with E-state index >= 15 is 0 Å². The van der Waals surface area contributed by atoms with E-state index in [9.17, 15) is 14.7 Å². The van der Waals surface area contributed by atoms with Crippen molar-refractivity contribution in [2.24, 2.45) is 0 Å². The molecule has 13 heteroatoms. The van der Waals surface area contributed by atoms with E-state index in [0.29, 0.717) is 18.1 Å². The Hall–Kier alpha value is -4.81. The van der Waals surface area contributed by atoms with Gasteiger partial charge in [-0.05, 0) is 64.3 Å². The van der Waals surface area contributed by atoms with E-state index in [1.54, 1.807) is 29.3 Å². The Labute approximate surface area is 237 Å². The number of hydrogen-bond donors (Lipinski definition) is 3. The number of carbonyl (C=O) groups excluding carboxylic acids is 1. The number of carboxylic acid groups (broad SMARTS) is 1. The fourth-order valence-corrected chi connectivity index (χ4v) is 4.60. The summed E-state index contributed by atoms with van der Waals surface area (Å²) in [7, 11) is 0. The molecule has 0 radical (unpaired) electrons. The molecule has 1 atom stereocenters. The van der Waals surface area contributed by atoms with Gasteiger partial charge in [0.05, 0.1) is 35.4 Å². The van der Waals surface area contributed by atoms with Crippen LogP contribution in [0.1, 0.15) is 74.7 Å². The van der Waals surface area contributed by atoms with Gasteiger partial charge in [-0.1, -0.05) is 17.3 Å². The van der Waals surface area contributed by atoms with Crippen LogP contribution in [0.2, 0.25) is 0 Å². The highest BCUT2D eigenvalue weighted by Crippen LogP contribution is 2.31. The van der Waals surface area contributed by atoms with Crippen LogP contribution in [0, 0.1) is 0 Å². The zero-order valence-electron chi connectivity index (χ0n) is 23.7. The van der Waals surface area contributed by atoms with Gasteiger partial charge in [0.1, 0.15) is 0 Å². The van der Waals surface area contributed by atoms with Crippen LogP contribution in [0.15, 0.2) is 49.1 Å². The maximum atomic E-state index is 13.1. The lowest BCUT2D eigenvalue weighted by Crippen LogP contribution is -2.32. The van der Waals surface area contributed by atoms with Crippen molar-refractivity contribution >= 4 is 23.6 Å². The molecule has 1 aromatic carbocycles. The molecule has 4 aromatic rings. The van der Waals surface area contributed by atoms with Crippen molar-refractivity contribution in [2.45, 2.75) is 65.2 Å². The van der Waals surface area contributed by atoms with E-state index in [2.05, 4.69) is 36.0 Å². The second-order valence-electron chi connectivity index (χ2n) is 11.3. The Morgan fingerprint density at radius 3 is 2.63 bits per heavy atom. The number of fused-ring (bicyclic) bond motifs is 1. The molecule has 3 N–H and O–H groups in total. The number of nitrogens with zero attached hydrogens (tertiary/aromatic N) is 8. The Balaban J connectivity index is 1.41. The van der Waals surface area contributed by atoms with E-state index in [-0.39, 0.29) is 36.3 Å². The molecule has 5 rings (SSSR count). The van der Waals surface area contributed by atoms with Crippen LogP contribution in [0.4, 0.5) is 16.4 Å². The van der Waals surface area contributed by atoms with Crippen LogP contribution in [-0.4, -0.2) is 63.3 Å². The average Bonchev–Trinajstić information content (AvgIpc) is 3.57. The van der Waals surface area contributed by atoms with Gasteiger partial charge in [0.25, 0.3) is 5.91 Å². The largest absolute Gasteiger partial charge is 0.465 e. The number of amides is 2. The quantitative estimate of drug-likeness (QED) is 0.313. The van der Waals surface area contributed by atoms with Crippen molar-refractivity contribution < 1.29 is 14.7 Å². The molecule has 214 valence electrons. The third kappa shape index (κ3) is 6.18. The third-order valence-electron chi connectivity index (χ3n) is 6.89. The Kier molecular flexibility index (Phi) is 7.43. The number of rotatable bonds is 6. The first-order valence-electron chi connectivity index (χ1n) is 13.5. The van der Waals surface area contributed by atoms with Crippen molar-refractivity contribution in [3.8, 4) is 11.3 Å². The van der Waals surface area contributed by atoms with Gasteiger partial charge in [-0.3, -0.25) is 9.48 Å². The predicted molar refractivity (Wildman–Crippen MR) is 152 cm³/mol. The lowest BCUT2D eigenvalue weighted by molar-refractivity contribution is 0.0928. The highest BCUT2D eigenvalue weighted by molar-refractivity contribution is 5.92. The number of anilines is 2. The molecule has 0 aliphatic carbocycles. The fraction of sp³-hybridized carbons (Fsp3) is 0.393. The van der Waals surface area contributed by atoms with E-state index in [1.165, 1.54) is 4.90 Å². The predicted octanol–water partition coefficient (Wildman–Crippen LogP) is 4.37. The fourth-order valence-electron chi connectivity index (χ4n) is 4.60. The SMILES string of the molecule is CC(C)n1cc(Nc2nccc(-c3ccc4c(c3)CN(C(=O)O)CC[C@H]4NC(=O)c3cn(C(C)(C)C)nn3)n2)cn1. The van der Waals surface area contributed by atoms with Crippen LogP contribution in [-0.2, 0) is 12.1 Å². The van der Waals surface area contributed by atoms with Crippen LogP contribution >= 0.6 is 0 Å². The summed E-state index contributed by atoms with van der Waals surface area (Å²) in [4.78, 5) is 35.4. The zero-order valence-corrected chi connectivity index (χ0v) is 23.7. The second kappa shape index (κ2) is 11.0. The minimum atomic E-state index is -1.02. The third-order valence-corrected chi connectivity index (χ3v) is 6.89. The van der Waals surface area contributed by atoms with Crippen molar-refractivity contribution in [3.05, 3.63) is 65.9 Å². The zero-order chi connectivity index (χ0) is 29.3. The number of benzene rings is 1. The van der Waals surface area contributed by atoms with Crippen molar-refractivity contribution in [1.82, 2.24) is 45.0 Å². The van der Waals surface area contributed by atoms with Crippen LogP contribution in [0.25, 0.3) is 11.3 Å². The first-order valence-corrected chi connectivity index (χ1v) is 13.5. The van der Waals surface area contributed by atoms with Gasteiger partial charge in [-0.25, -0.2) is 19.4 Å². The van der Waals surface area contributed by atoms with Gasteiger partial charge in [-0.15, -0.1) is 5.10 Å². The molecule has 4 heterocycles. The summed E-state index contributed by atoms with van der Waals surface area (Å²) in [6.45, 7) is 10.5. The van der Waals surface area contributed by atoms with E-state index < -0.39 is 12.1 Å². The summed E-state index contributed by atoms with van der Waals surface area (Å²) < 4.78 is 3.48. The van der Waals surface area contributed by atoms with Crippen molar-refractivity contribution in [2.75, 3.05) is 11.9 Å². The number of carbonyl (C=O) groups is 2. The summed E-state index contributed by atoms with van der Waals surface area (Å²) in [5.41, 5.74) is 3.78. The lowest BCUT2D eigenvalue weighted by Gasteiger charge is -2.19. The molecule has 0 saturated carbocycles. The summed E-state index contributed by atoms with van der Waals surface area (Å²) in [5, 5.41) is 28.5. The molecule has 1 aliphatic heterocycles. The molecule has 0 saturated heterocycles. The van der Waals surface area contributed by atoms with Crippen LogP contribution < -0.4 is 10.6 Å². The molecule has 13 nitrogen and oxygen atoms in total. The van der Waals surface area contributed by atoms with Gasteiger partial charge in [0, 0.05) is 37.1 Å². The molecule has 0 fully saturated rings. The topological polar surface area (TPSA) is 156 Å². The number of nitrogens with one attached hydrogen (secondary N) is 2. The molecular weight excluding hydrogens is 524 g/mol. The lowest BCUT2D eigenvalue weighted by atomic mass is 9.96. The molecule has 0 unspecified atom stereocenters. The highest BCUT2D eigenvalue weighted by Gasteiger charge is 2.28. The molecular formula is C28H34N10O3. The summed E-state index contributed by atoms with van der Waals surface area (Å²) in [6, 6.07) is 7.40. The van der Waals surface area contributed by atoms with Crippen LogP contribution in [0.5, 0.6) is 0 Å². The molecule has 1 aliphatic rings. The van der Waals surface area contributed by atoms with Gasteiger partial charge in [-0.2, -0.15) is 5.10 Å². The normalized spacial score (nSPS) is 15.4. The van der Waals surface area contributed by atoms with E-state index in [0.717, 1.165) is 22.4 Å². The van der Waals surface area contributed by atoms with Crippen molar-refractivity contribution in [3.63, 3.8) is 0 Å². The number of aromatic nitrogens is 7. The van der Waals surface area contributed by atoms with E-state index in [1.807, 2.05) is 63.7 Å². The van der Waals surface area contributed by atoms with Gasteiger partial charge in [0.2, 0.25) is 5.95 Å². The number of hydrogen-bond acceptors (Lipinski definition) is 8. The maximum Gasteiger partial charge on any atom is 0.407 e. The van der Waals surface area contributed by atoms with Crippen molar-refractivity contribution in [1.29, 1.82) is 0 Å². The summed E-state index contributed by atoms with van der Waals surface area (Å²) in [6.07, 6.45) is 6.30. The smallest absolute Gasteiger partial charge is 0.407 e. The second-order valence-corrected chi connectivity index (χ2v) is 11.3. The van der Waals surface area contributed by atoms with Gasteiger partial charge in [0.15, 0.2) is 5.69 Å². The summed E-state index contributed by atoms with van der Waals surface area (Å²) in [5.74, 6) is 0.0537. The average molecular weight is 559 g/mol. The Morgan fingerprint density at radius 2 is 1.95 bits per heavy atom. The minimum absolute atomic E-state index is 0.190. The first kappa shape index (κ1) is 27.7. The molecule has 0 bridgehead atoms. The van der Waals surface area contributed by atoms with Crippen LogP contribution in [0.3, 0.4) is 0 Å². The first-order chi connectivity index (χ1) is 19.5. The Morgan fingerprint density at radius 1 is 1.15 bits per heavy atom. The minimum Gasteiger partial charge on any atom is -0.465 e. The maximum absolute atomic E-state index is 13.1. The highest BCUT2D eigenvalue weighted by atomic mass is 16.4. The monoisotopic (exact) mass is 558 g/mol.